The summed E-state index contributed by atoms with van der Waals surface area (Å²) in [5, 5.41) is 4.87. The van der Waals surface area contributed by atoms with Gasteiger partial charge < -0.3 is 10.1 Å². The molecule has 2 heterocycles. The first-order valence-electron chi connectivity index (χ1n) is 8.01. The summed E-state index contributed by atoms with van der Waals surface area (Å²) in [6.07, 6.45) is 5.92. The predicted octanol–water partition coefficient (Wildman–Crippen LogP) is 3.84. The second-order valence-electron chi connectivity index (χ2n) is 5.95. The average Bonchev–Trinajstić information content (AvgIpc) is 2.94. The Hall–Kier alpha value is -1.45. The highest BCUT2D eigenvalue weighted by molar-refractivity contribution is 5.79. The van der Waals surface area contributed by atoms with Crippen LogP contribution in [-0.2, 0) is 4.74 Å². The van der Waals surface area contributed by atoms with Gasteiger partial charge in [0.1, 0.15) is 0 Å². The minimum absolute atomic E-state index is 0.277. The Kier molecular flexibility index (Phi) is 4.51. The summed E-state index contributed by atoms with van der Waals surface area (Å²) >= 11 is 0. The van der Waals surface area contributed by atoms with E-state index in [0.29, 0.717) is 6.10 Å². The maximum atomic E-state index is 6.11. The molecule has 1 saturated heterocycles. The number of nitrogens with one attached hydrogen (secondary N) is 1. The van der Waals surface area contributed by atoms with E-state index < -0.39 is 0 Å². The average molecular weight is 284 g/mol. The molecule has 3 rings (SSSR count). The van der Waals surface area contributed by atoms with Crippen LogP contribution < -0.4 is 5.32 Å². The number of rotatable bonds is 5. The lowest BCUT2D eigenvalue weighted by Gasteiger charge is -2.25. The van der Waals surface area contributed by atoms with Crippen LogP contribution in [0.1, 0.15) is 44.7 Å². The fourth-order valence-electron chi connectivity index (χ4n) is 3.13. The Bertz CT molecular complexity index is 599. The predicted molar refractivity (Wildman–Crippen MR) is 86.3 cm³/mol. The van der Waals surface area contributed by atoms with Crippen LogP contribution in [0, 0.1) is 0 Å². The summed E-state index contributed by atoms with van der Waals surface area (Å²) in [7, 11) is 0. The largest absolute Gasteiger partial charge is 0.373 e. The molecule has 1 N–H and O–H groups in total. The molecule has 3 heteroatoms. The zero-order chi connectivity index (χ0) is 14.7. The molecule has 0 aliphatic carbocycles. The number of ether oxygens (including phenoxy) is 1. The molecule has 1 aliphatic rings. The maximum Gasteiger partial charge on any atom is 0.0774 e. The van der Waals surface area contributed by atoms with Crippen molar-refractivity contribution in [2.75, 3.05) is 6.54 Å². The van der Waals surface area contributed by atoms with E-state index in [2.05, 4.69) is 48.4 Å². The van der Waals surface area contributed by atoms with E-state index in [1.165, 1.54) is 10.9 Å². The third-order valence-electron chi connectivity index (χ3n) is 4.24. The maximum absolute atomic E-state index is 6.11. The SMILES string of the molecule is CCCNC(c1ccc2ncccc2c1)C1CCC(C)O1. The number of hydrogen-bond acceptors (Lipinski definition) is 3. The van der Waals surface area contributed by atoms with Gasteiger partial charge in [0, 0.05) is 11.6 Å². The minimum atomic E-state index is 0.277. The van der Waals surface area contributed by atoms with Gasteiger partial charge in [-0.25, -0.2) is 0 Å². The molecule has 0 bridgehead atoms. The Morgan fingerprint density at radius 3 is 3.00 bits per heavy atom. The molecule has 2 aromatic rings. The number of nitrogens with zero attached hydrogens (tertiary/aromatic N) is 1. The van der Waals surface area contributed by atoms with Gasteiger partial charge in [0.15, 0.2) is 0 Å². The summed E-state index contributed by atoms with van der Waals surface area (Å²) in [5.74, 6) is 0. The lowest BCUT2D eigenvalue weighted by molar-refractivity contribution is 0.0316. The third kappa shape index (κ3) is 3.25. The van der Waals surface area contributed by atoms with E-state index in [4.69, 9.17) is 4.74 Å². The molecule has 1 aromatic heterocycles. The van der Waals surface area contributed by atoms with Gasteiger partial charge in [-0.3, -0.25) is 4.98 Å². The topological polar surface area (TPSA) is 34.2 Å². The second kappa shape index (κ2) is 6.54. The molecule has 0 amide bonds. The van der Waals surface area contributed by atoms with Crippen molar-refractivity contribution in [3.05, 3.63) is 42.1 Å². The van der Waals surface area contributed by atoms with Crippen LogP contribution in [0.3, 0.4) is 0 Å². The molecule has 1 aromatic carbocycles. The van der Waals surface area contributed by atoms with E-state index in [-0.39, 0.29) is 12.1 Å². The Balaban J connectivity index is 1.89. The van der Waals surface area contributed by atoms with Crippen molar-refractivity contribution >= 4 is 10.9 Å². The summed E-state index contributed by atoms with van der Waals surface area (Å²) in [6.45, 7) is 5.39. The molecule has 0 saturated carbocycles. The summed E-state index contributed by atoms with van der Waals surface area (Å²) in [4.78, 5) is 4.40. The van der Waals surface area contributed by atoms with E-state index in [1.807, 2.05) is 12.3 Å². The Morgan fingerprint density at radius 1 is 1.33 bits per heavy atom. The lowest BCUT2D eigenvalue weighted by atomic mass is 9.97. The molecular formula is C18H24N2O. The van der Waals surface area contributed by atoms with Gasteiger partial charge in [-0.15, -0.1) is 0 Å². The molecule has 1 fully saturated rings. The standard InChI is InChI=1S/C18H24N2O/c1-3-10-20-18(17-9-6-13(2)21-17)15-7-8-16-14(12-15)5-4-11-19-16/h4-5,7-8,11-13,17-18,20H,3,6,9-10H2,1-2H3. The highest BCUT2D eigenvalue weighted by Crippen LogP contribution is 2.31. The van der Waals surface area contributed by atoms with E-state index >= 15 is 0 Å². The van der Waals surface area contributed by atoms with Gasteiger partial charge in [0.05, 0.1) is 23.8 Å². The van der Waals surface area contributed by atoms with E-state index in [1.54, 1.807) is 0 Å². The van der Waals surface area contributed by atoms with Crippen LogP contribution in [0.4, 0.5) is 0 Å². The van der Waals surface area contributed by atoms with Crippen LogP contribution in [-0.4, -0.2) is 23.7 Å². The zero-order valence-corrected chi connectivity index (χ0v) is 12.9. The third-order valence-corrected chi connectivity index (χ3v) is 4.24. The van der Waals surface area contributed by atoms with Gasteiger partial charge >= 0.3 is 0 Å². The first-order valence-corrected chi connectivity index (χ1v) is 8.01. The van der Waals surface area contributed by atoms with Gasteiger partial charge in [-0.1, -0.05) is 19.1 Å². The number of pyridine rings is 1. The zero-order valence-electron chi connectivity index (χ0n) is 12.9. The van der Waals surface area contributed by atoms with Crippen molar-refractivity contribution < 1.29 is 4.74 Å². The molecule has 1 aliphatic heterocycles. The van der Waals surface area contributed by atoms with Crippen molar-refractivity contribution in [1.82, 2.24) is 10.3 Å². The molecular weight excluding hydrogens is 260 g/mol. The highest BCUT2D eigenvalue weighted by atomic mass is 16.5. The first kappa shape index (κ1) is 14.5. The molecule has 112 valence electrons. The smallest absolute Gasteiger partial charge is 0.0774 e. The highest BCUT2D eigenvalue weighted by Gasteiger charge is 2.30. The monoisotopic (exact) mass is 284 g/mol. The van der Waals surface area contributed by atoms with Crippen molar-refractivity contribution in [1.29, 1.82) is 0 Å². The second-order valence-corrected chi connectivity index (χ2v) is 5.95. The summed E-state index contributed by atoms with van der Waals surface area (Å²) in [5.41, 5.74) is 2.36. The number of fused-ring (bicyclic) bond motifs is 1. The molecule has 3 atom stereocenters. The molecule has 3 nitrogen and oxygen atoms in total. The van der Waals surface area contributed by atoms with Crippen molar-refractivity contribution in [3.8, 4) is 0 Å². The van der Waals surface area contributed by atoms with Crippen molar-refractivity contribution in [2.45, 2.75) is 51.4 Å². The molecule has 21 heavy (non-hydrogen) atoms. The summed E-state index contributed by atoms with van der Waals surface area (Å²) < 4.78 is 6.11. The summed E-state index contributed by atoms with van der Waals surface area (Å²) in [6, 6.07) is 11.0. The molecule has 0 spiro atoms. The Morgan fingerprint density at radius 2 is 2.24 bits per heavy atom. The lowest BCUT2D eigenvalue weighted by Crippen LogP contribution is -2.32. The van der Waals surface area contributed by atoms with E-state index in [0.717, 1.165) is 31.3 Å². The number of hydrogen-bond donors (Lipinski definition) is 1. The normalized spacial score (nSPS) is 23.5. The minimum Gasteiger partial charge on any atom is -0.373 e. The van der Waals surface area contributed by atoms with Gasteiger partial charge in [0.25, 0.3) is 0 Å². The quantitative estimate of drug-likeness (QED) is 0.905. The van der Waals surface area contributed by atoms with Crippen molar-refractivity contribution in [2.24, 2.45) is 0 Å². The van der Waals surface area contributed by atoms with Crippen LogP contribution in [0.5, 0.6) is 0 Å². The fraction of sp³-hybridized carbons (Fsp3) is 0.500. The van der Waals surface area contributed by atoms with Crippen LogP contribution in [0.25, 0.3) is 10.9 Å². The van der Waals surface area contributed by atoms with Crippen LogP contribution >= 0.6 is 0 Å². The number of benzene rings is 1. The van der Waals surface area contributed by atoms with E-state index in [9.17, 15) is 0 Å². The number of aromatic nitrogens is 1. The first-order chi connectivity index (χ1) is 10.3. The van der Waals surface area contributed by atoms with Gasteiger partial charge in [0.2, 0.25) is 0 Å². The fourth-order valence-corrected chi connectivity index (χ4v) is 3.13. The van der Waals surface area contributed by atoms with Gasteiger partial charge in [-0.05, 0) is 56.5 Å². The van der Waals surface area contributed by atoms with Gasteiger partial charge in [-0.2, -0.15) is 0 Å². The molecule has 3 unspecified atom stereocenters. The van der Waals surface area contributed by atoms with Crippen LogP contribution in [0.15, 0.2) is 36.5 Å². The van der Waals surface area contributed by atoms with Crippen molar-refractivity contribution in [3.63, 3.8) is 0 Å². The Labute approximate surface area is 126 Å². The van der Waals surface area contributed by atoms with Crippen LogP contribution in [0.2, 0.25) is 0 Å². The molecule has 0 radical (unpaired) electrons.